The molecule has 15 aromatic rings. The van der Waals surface area contributed by atoms with Gasteiger partial charge in [0.2, 0.25) is 0 Å². The SMILES string of the molecule is c1ccc([Si](c2ccccc2)(c2ccc(-c3ccc([Si](c4ccccc4)(c4ccccc4)c4cccc5c4sc4ccccc45)cc3)cc2)c2cccc(-n3c4ccccc4c4ccc5c6ccccc6sc5c43)c2)cc1. The van der Waals surface area contributed by atoms with Gasteiger partial charge in [-0.1, -0.05) is 267 Å². The third-order valence-corrected chi connectivity index (χ3v) is 28.5. The van der Waals surface area contributed by atoms with Crippen LogP contribution in [0.2, 0.25) is 0 Å². The molecule has 0 radical (unpaired) electrons. The molecule has 0 amide bonds. The molecule has 15 rings (SSSR count). The van der Waals surface area contributed by atoms with Crippen molar-refractivity contribution in [3.63, 3.8) is 0 Å². The average Bonchev–Trinajstić information content (AvgIpc) is 4.33. The molecular weight excluding hydrogens is 999 g/mol. The first-order chi connectivity index (χ1) is 38.2. The minimum absolute atomic E-state index is 1.17. The predicted octanol–water partition coefficient (Wildman–Crippen LogP) is 13.9. The molecule has 0 aliphatic rings. The van der Waals surface area contributed by atoms with Gasteiger partial charge in [-0.25, -0.2) is 0 Å². The summed E-state index contributed by atoms with van der Waals surface area (Å²) < 4.78 is 7.89. The molecule has 3 aromatic heterocycles. The molecule has 0 bridgehead atoms. The first kappa shape index (κ1) is 45.7. The summed E-state index contributed by atoms with van der Waals surface area (Å²) in [6.07, 6.45) is 0. The van der Waals surface area contributed by atoms with Crippen LogP contribution in [0.1, 0.15) is 0 Å². The van der Waals surface area contributed by atoms with Gasteiger partial charge in [0.05, 0.1) is 15.7 Å². The molecule has 5 heteroatoms. The van der Waals surface area contributed by atoms with E-state index in [1.807, 2.05) is 22.7 Å². The van der Waals surface area contributed by atoms with Gasteiger partial charge < -0.3 is 4.57 Å². The number of benzene rings is 12. The Morgan fingerprint density at radius 2 is 0.662 bits per heavy atom. The van der Waals surface area contributed by atoms with Crippen LogP contribution in [0, 0.1) is 0 Å². The van der Waals surface area contributed by atoms with E-state index in [4.69, 9.17) is 0 Å². The van der Waals surface area contributed by atoms with E-state index >= 15 is 0 Å². The Hall–Kier alpha value is -8.69. The lowest BCUT2D eigenvalue weighted by molar-refractivity contribution is 1.19. The second-order valence-electron chi connectivity index (χ2n) is 20.2. The van der Waals surface area contributed by atoms with E-state index in [0.717, 1.165) is 0 Å². The zero-order chi connectivity index (χ0) is 50.9. The lowest BCUT2D eigenvalue weighted by atomic mass is 10.1. The van der Waals surface area contributed by atoms with E-state index in [1.165, 1.54) is 120 Å². The van der Waals surface area contributed by atoms with Crippen LogP contribution in [-0.2, 0) is 0 Å². The van der Waals surface area contributed by atoms with Crippen molar-refractivity contribution in [3.05, 3.63) is 297 Å². The van der Waals surface area contributed by atoms with Crippen molar-refractivity contribution in [3.8, 4) is 16.8 Å². The topological polar surface area (TPSA) is 4.93 Å². The highest BCUT2D eigenvalue weighted by Gasteiger charge is 2.44. The fourth-order valence-corrected chi connectivity index (χ4v) is 25.5. The molecule has 3 heterocycles. The predicted molar refractivity (Wildman–Crippen MR) is 339 cm³/mol. The maximum Gasteiger partial charge on any atom is 0.181 e. The zero-order valence-electron chi connectivity index (χ0n) is 42.1. The van der Waals surface area contributed by atoms with Gasteiger partial charge in [-0.15, -0.1) is 22.7 Å². The lowest BCUT2D eigenvalue weighted by Gasteiger charge is -2.35. The monoisotopic (exact) mass is 1050 g/mol. The molecule has 0 N–H and O–H groups in total. The van der Waals surface area contributed by atoms with Gasteiger partial charge in [0.1, 0.15) is 0 Å². The Bertz CT molecular complexity index is 4580. The number of nitrogens with zero attached hydrogens (tertiary/aromatic N) is 1. The fraction of sp³-hybridized carbons (Fsp3) is 0. The van der Waals surface area contributed by atoms with Gasteiger partial charge >= 0.3 is 0 Å². The number of rotatable bonds is 10. The van der Waals surface area contributed by atoms with E-state index in [-0.39, 0.29) is 0 Å². The van der Waals surface area contributed by atoms with Crippen LogP contribution in [0.5, 0.6) is 0 Å². The molecule has 0 aliphatic heterocycles. The largest absolute Gasteiger partial charge is 0.308 e. The third-order valence-electron chi connectivity index (χ3n) is 16.3. The Morgan fingerprint density at radius 1 is 0.260 bits per heavy atom. The van der Waals surface area contributed by atoms with E-state index in [0.29, 0.717) is 0 Å². The maximum absolute atomic E-state index is 2.97. The Kier molecular flexibility index (Phi) is 11.0. The number of fused-ring (bicyclic) bond motifs is 10. The van der Waals surface area contributed by atoms with Crippen molar-refractivity contribution in [2.75, 3.05) is 0 Å². The highest BCUT2D eigenvalue weighted by Crippen LogP contribution is 2.43. The molecule has 0 saturated carbocycles. The van der Waals surface area contributed by atoms with E-state index in [9.17, 15) is 0 Å². The molecule has 0 fully saturated rings. The quantitative estimate of drug-likeness (QED) is 0.0950. The minimum Gasteiger partial charge on any atom is -0.308 e. The summed E-state index contributed by atoms with van der Waals surface area (Å²) in [5, 5.41) is 18.8. The number of para-hydroxylation sites is 1. The lowest BCUT2D eigenvalue weighted by Crippen LogP contribution is -2.74. The van der Waals surface area contributed by atoms with Crippen molar-refractivity contribution in [1.82, 2.24) is 4.57 Å². The molecule has 0 aliphatic carbocycles. The molecule has 0 spiro atoms. The van der Waals surface area contributed by atoms with Crippen LogP contribution >= 0.6 is 22.7 Å². The van der Waals surface area contributed by atoms with Gasteiger partial charge in [0.25, 0.3) is 0 Å². The summed E-state index contributed by atoms with van der Waals surface area (Å²) in [4.78, 5) is 0. The van der Waals surface area contributed by atoms with Gasteiger partial charge in [-0.3, -0.25) is 0 Å². The summed E-state index contributed by atoms with van der Waals surface area (Å²) in [7, 11) is -5.83. The molecule has 0 saturated heterocycles. The number of hydrogen-bond acceptors (Lipinski definition) is 2. The van der Waals surface area contributed by atoms with Crippen LogP contribution in [-0.4, -0.2) is 20.7 Å². The Balaban J connectivity index is 0.899. The zero-order valence-corrected chi connectivity index (χ0v) is 45.7. The minimum atomic E-state index is -2.97. The summed E-state index contributed by atoms with van der Waals surface area (Å²) >= 11 is 3.84. The molecule has 0 unspecified atom stereocenters. The van der Waals surface area contributed by atoms with Crippen LogP contribution in [0.4, 0.5) is 0 Å². The van der Waals surface area contributed by atoms with Gasteiger partial charge in [0, 0.05) is 52.1 Å². The Labute approximate surface area is 457 Å². The van der Waals surface area contributed by atoms with Crippen LogP contribution in [0.15, 0.2) is 297 Å². The molecule has 0 atom stereocenters. The molecule has 1 nitrogen and oxygen atoms in total. The van der Waals surface area contributed by atoms with Crippen molar-refractivity contribution >= 4 is 142 Å². The maximum atomic E-state index is 2.55. The summed E-state index contributed by atoms with van der Waals surface area (Å²) in [6, 6.07) is 113. The highest BCUT2D eigenvalue weighted by atomic mass is 32.1. The third kappa shape index (κ3) is 7.09. The van der Waals surface area contributed by atoms with Crippen LogP contribution in [0.25, 0.3) is 79.0 Å². The van der Waals surface area contributed by atoms with Gasteiger partial charge in [-0.05, 0) is 83.0 Å². The summed E-state index contributed by atoms with van der Waals surface area (Å²) in [5.74, 6) is 0. The summed E-state index contributed by atoms with van der Waals surface area (Å²) in [5.41, 5.74) is 6.07. The van der Waals surface area contributed by atoms with E-state index in [2.05, 4.69) is 302 Å². The van der Waals surface area contributed by atoms with Crippen molar-refractivity contribution in [2.24, 2.45) is 0 Å². The summed E-state index contributed by atoms with van der Waals surface area (Å²) in [6.45, 7) is 0. The van der Waals surface area contributed by atoms with Crippen molar-refractivity contribution in [2.45, 2.75) is 0 Å². The molecular formula is C72H49NS2Si2. The van der Waals surface area contributed by atoms with E-state index < -0.39 is 16.1 Å². The normalized spacial score (nSPS) is 12.2. The fourth-order valence-electron chi connectivity index (χ4n) is 13.0. The first-order valence-electron chi connectivity index (χ1n) is 26.5. The first-order valence-corrected chi connectivity index (χ1v) is 32.1. The second-order valence-corrected chi connectivity index (χ2v) is 29.9. The van der Waals surface area contributed by atoms with E-state index in [1.54, 1.807) is 0 Å². The molecule has 12 aromatic carbocycles. The number of thiophene rings is 2. The number of hydrogen-bond donors (Lipinski definition) is 0. The van der Waals surface area contributed by atoms with Crippen LogP contribution < -0.4 is 41.5 Å². The van der Waals surface area contributed by atoms with Crippen molar-refractivity contribution in [1.29, 1.82) is 0 Å². The number of aromatic nitrogens is 1. The average molecular weight is 1050 g/mol. The van der Waals surface area contributed by atoms with Crippen molar-refractivity contribution < 1.29 is 0 Å². The van der Waals surface area contributed by atoms with Gasteiger partial charge in [-0.2, -0.15) is 0 Å². The Morgan fingerprint density at radius 3 is 1.23 bits per heavy atom. The molecule has 362 valence electrons. The van der Waals surface area contributed by atoms with Gasteiger partial charge in [0.15, 0.2) is 16.1 Å². The highest BCUT2D eigenvalue weighted by molar-refractivity contribution is 7.31. The van der Waals surface area contributed by atoms with Crippen LogP contribution in [0.3, 0.4) is 0 Å². The standard InChI is InChI=1S/C72H49NS2Si2/c1-5-22-53(23-6-1)76(54-24-7-2-8-25-54,59-30-19-21-52(49-59)73-66-35-16-13-31-60(66)63-47-48-65-62-33-15-18-37-68(62)75-72(65)70(63)73)57-43-39-50(40-44-57)51-41-45-58(46-42-51)77(55-26-9-3-10-27-55,56-28-11-4-12-29-56)69-38-20-34-64-61-32-14-17-36-67(61)74-71(64)69/h1-49H. The smallest absolute Gasteiger partial charge is 0.181 e. The molecule has 77 heavy (non-hydrogen) atoms. The second kappa shape index (κ2) is 18.6.